The number of methoxy groups -OCH3 is 1. The van der Waals surface area contributed by atoms with E-state index < -0.39 is 0 Å². The molecule has 0 aliphatic rings. The average molecular weight is 273 g/mol. The summed E-state index contributed by atoms with van der Waals surface area (Å²) in [5.74, 6) is 0.889. The molecule has 1 heterocycles. The molecule has 0 radical (unpaired) electrons. The van der Waals surface area contributed by atoms with Crippen molar-refractivity contribution in [2.75, 3.05) is 7.11 Å². The molecule has 2 aromatic rings. The van der Waals surface area contributed by atoms with Crippen LogP contribution in [0.25, 0.3) is 0 Å². The maximum atomic E-state index is 5.18. The lowest BCUT2D eigenvalue weighted by molar-refractivity contribution is 0.414. The molecule has 0 bridgehead atoms. The zero-order valence-electron chi connectivity index (χ0n) is 12.7. The van der Waals surface area contributed by atoms with E-state index in [2.05, 4.69) is 42.5 Å². The van der Waals surface area contributed by atoms with Gasteiger partial charge in [0, 0.05) is 19.1 Å². The van der Waals surface area contributed by atoms with E-state index in [1.807, 2.05) is 23.7 Å². The van der Waals surface area contributed by atoms with Gasteiger partial charge in [0.1, 0.15) is 5.75 Å². The number of nitrogens with zero attached hydrogens (tertiary/aromatic N) is 2. The maximum absolute atomic E-state index is 5.18. The molecule has 1 aromatic carbocycles. The Morgan fingerprint density at radius 2 is 2.00 bits per heavy atom. The lowest BCUT2D eigenvalue weighted by Gasteiger charge is -2.15. The van der Waals surface area contributed by atoms with E-state index in [9.17, 15) is 0 Å². The minimum Gasteiger partial charge on any atom is -0.497 e. The topological polar surface area (TPSA) is 39.1 Å². The van der Waals surface area contributed by atoms with Crippen LogP contribution in [0.3, 0.4) is 0 Å². The molecule has 0 aliphatic carbocycles. The Balaban J connectivity index is 1.98. The molecule has 0 aliphatic heterocycles. The molecular formula is C16H23N3O. The molecule has 1 unspecified atom stereocenters. The van der Waals surface area contributed by atoms with Gasteiger partial charge >= 0.3 is 0 Å². The van der Waals surface area contributed by atoms with Gasteiger partial charge in [-0.1, -0.05) is 12.1 Å². The fourth-order valence-corrected chi connectivity index (χ4v) is 2.28. The molecule has 0 fully saturated rings. The minimum atomic E-state index is 0.293. The van der Waals surface area contributed by atoms with Gasteiger partial charge in [-0.15, -0.1) is 0 Å². The molecule has 0 amide bonds. The third-order valence-corrected chi connectivity index (χ3v) is 3.49. The second kappa shape index (κ2) is 6.57. The molecule has 108 valence electrons. The third-order valence-electron chi connectivity index (χ3n) is 3.49. The predicted molar refractivity (Wildman–Crippen MR) is 80.9 cm³/mol. The highest BCUT2D eigenvalue weighted by Gasteiger charge is 2.08. The van der Waals surface area contributed by atoms with Crippen molar-refractivity contribution in [3.8, 4) is 5.75 Å². The number of benzene rings is 1. The van der Waals surface area contributed by atoms with E-state index >= 15 is 0 Å². The van der Waals surface area contributed by atoms with Gasteiger partial charge in [-0.25, -0.2) is 0 Å². The largest absolute Gasteiger partial charge is 0.497 e. The molecule has 4 heteroatoms. The SMILES string of the molecule is CCn1nc(C)cc1CNC(C)c1ccc(OC)cc1. The van der Waals surface area contributed by atoms with Gasteiger partial charge in [0.25, 0.3) is 0 Å². The number of nitrogens with one attached hydrogen (secondary N) is 1. The molecule has 0 saturated heterocycles. The van der Waals surface area contributed by atoms with Gasteiger partial charge in [0.2, 0.25) is 0 Å². The second-order valence-corrected chi connectivity index (χ2v) is 4.97. The summed E-state index contributed by atoms with van der Waals surface area (Å²) < 4.78 is 7.22. The van der Waals surface area contributed by atoms with Crippen LogP contribution < -0.4 is 10.1 Å². The van der Waals surface area contributed by atoms with Crippen LogP contribution in [0, 0.1) is 6.92 Å². The van der Waals surface area contributed by atoms with Crippen molar-refractivity contribution in [1.82, 2.24) is 15.1 Å². The Morgan fingerprint density at radius 3 is 2.60 bits per heavy atom. The fourth-order valence-electron chi connectivity index (χ4n) is 2.28. The first-order chi connectivity index (χ1) is 9.63. The van der Waals surface area contributed by atoms with Crippen LogP contribution in [0.15, 0.2) is 30.3 Å². The average Bonchev–Trinajstić information content (AvgIpc) is 2.85. The van der Waals surface area contributed by atoms with Gasteiger partial charge in [-0.3, -0.25) is 4.68 Å². The van der Waals surface area contributed by atoms with Crippen LogP contribution in [0.2, 0.25) is 0 Å². The van der Waals surface area contributed by atoms with Crippen LogP contribution in [-0.2, 0) is 13.1 Å². The van der Waals surface area contributed by atoms with Gasteiger partial charge in [-0.05, 0) is 44.5 Å². The predicted octanol–water partition coefficient (Wildman–Crippen LogP) is 3.07. The lowest BCUT2D eigenvalue weighted by atomic mass is 10.1. The Bertz CT molecular complexity index is 545. The van der Waals surface area contributed by atoms with E-state index in [0.29, 0.717) is 6.04 Å². The summed E-state index contributed by atoms with van der Waals surface area (Å²) in [7, 11) is 1.69. The van der Waals surface area contributed by atoms with E-state index in [0.717, 1.165) is 24.5 Å². The first-order valence-corrected chi connectivity index (χ1v) is 7.04. The molecule has 0 spiro atoms. The Labute approximate surface area is 120 Å². The highest BCUT2D eigenvalue weighted by molar-refractivity contribution is 5.28. The molecule has 1 atom stereocenters. The first-order valence-electron chi connectivity index (χ1n) is 7.04. The summed E-state index contributed by atoms with van der Waals surface area (Å²) in [6.07, 6.45) is 0. The Kier molecular flexibility index (Phi) is 4.79. The van der Waals surface area contributed by atoms with Gasteiger partial charge in [0.15, 0.2) is 0 Å². The monoisotopic (exact) mass is 273 g/mol. The molecular weight excluding hydrogens is 250 g/mol. The van der Waals surface area contributed by atoms with Crippen LogP contribution in [0.1, 0.15) is 36.8 Å². The van der Waals surface area contributed by atoms with Crippen molar-refractivity contribution >= 4 is 0 Å². The third kappa shape index (κ3) is 3.39. The van der Waals surface area contributed by atoms with E-state index in [-0.39, 0.29) is 0 Å². The van der Waals surface area contributed by atoms with Crippen LogP contribution in [-0.4, -0.2) is 16.9 Å². The standard InChI is InChI=1S/C16H23N3O/c1-5-19-15(10-12(2)18-19)11-17-13(3)14-6-8-16(20-4)9-7-14/h6-10,13,17H,5,11H2,1-4H3. The highest BCUT2D eigenvalue weighted by Crippen LogP contribution is 2.17. The van der Waals surface area contributed by atoms with Crippen LogP contribution in [0.4, 0.5) is 0 Å². The molecule has 0 saturated carbocycles. The van der Waals surface area contributed by atoms with Gasteiger partial charge in [0.05, 0.1) is 18.5 Å². The van der Waals surface area contributed by atoms with Crippen LogP contribution >= 0.6 is 0 Å². The van der Waals surface area contributed by atoms with Crippen molar-refractivity contribution in [2.24, 2.45) is 0 Å². The zero-order valence-corrected chi connectivity index (χ0v) is 12.7. The second-order valence-electron chi connectivity index (χ2n) is 4.97. The number of aromatic nitrogens is 2. The summed E-state index contributed by atoms with van der Waals surface area (Å²) in [5, 5.41) is 8.00. The van der Waals surface area contributed by atoms with Crippen molar-refractivity contribution in [3.05, 3.63) is 47.3 Å². The number of aryl methyl sites for hydroxylation is 2. The van der Waals surface area contributed by atoms with Crippen LogP contribution in [0.5, 0.6) is 5.75 Å². The number of rotatable bonds is 6. The number of hydrogen-bond acceptors (Lipinski definition) is 3. The minimum absolute atomic E-state index is 0.293. The van der Waals surface area contributed by atoms with E-state index in [4.69, 9.17) is 4.74 Å². The fraction of sp³-hybridized carbons (Fsp3) is 0.438. The van der Waals surface area contributed by atoms with E-state index in [1.165, 1.54) is 11.3 Å². The Morgan fingerprint density at radius 1 is 1.30 bits per heavy atom. The van der Waals surface area contributed by atoms with Gasteiger partial charge < -0.3 is 10.1 Å². The quantitative estimate of drug-likeness (QED) is 0.879. The van der Waals surface area contributed by atoms with Gasteiger partial charge in [-0.2, -0.15) is 5.10 Å². The van der Waals surface area contributed by atoms with E-state index in [1.54, 1.807) is 7.11 Å². The highest BCUT2D eigenvalue weighted by atomic mass is 16.5. The van der Waals surface area contributed by atoms with Crippen molar-refractivity contribution in [2.45, 2.75) is 39.9 Å². The molecule has 2 rings (SSSR count). The molecule has 20 heavy (non-hydrogen) atoms. The summed E-state index contributed by atoms with van der Waals surface area (Å²) in [6.45, 7) is 8.04. The Hall–Kier alpha value is -1.81. The normalized spacial score (nSPS) is 12.4. The van der Waals surface area contributed by atoms with Crippen molar-refractivity contribution in [1.29, 1.82) is 0 Å². The smallest absolute Gasteiger partial charge is 0.118 e. The first kappa shape index (κ1) is 14.6. The zero-order chi connectivity index (χ0) is 14.5. The molecule has 1 aromatic heterocycles. The lowest BCUT2D eigenvalue weighted by Crippen LogP contribution is -2.20. The van der Waals surface area contributed by atoms with Crippen molar-refractivity contribution < 1.29 is 4.74 Å². The summed E-state index contributed by atoms with van der Waals surface area (Å²) in [5.41, 5.74) is 3.55. The summed E-state index contributed by atoms with van der Waals surface area (Å²) >= 11 is 0. The number of ether oxygens (including phenoxy) is 1. The van der Waals surface area contributed by atoms with Crippen molar-refractivity contribution in [3.63, 3.8) is 0 Å². The molecule has 4 nitrogen and oxygen atoms in total. The summed E-state index contributed by atoms with van der Waals surface area (Å²) in [6, 6.07) is 10.6. The summed E-state index contributed by atoms with van der Waals surface area (Å²) in [4.78, 5) is 0. The number of hydrogen-bond donors (Lipinski definition) is 1. The molecule has 1 N–H and O–H groups in total. The maximum Gasteiger partial charge on any atom is 0.118 e.